The molecule has 2 aromatic rings. The predicted molar refractivity (Wildman–Crippen MR) is 112 cm³/mol. The molecular weight excluding hydrogens is 412 g/mol. The zero-order valence-corrected chi connectivity index (χ0v) is 17.5. The van der Waals surface area contributed by atoms with Gasteiger partial charge in [-0.05, 0) is 37.5 Å². The van der Waals surface area contributed by atoms with E-state index in [1.165, 1.54) is 6.07 Å². The zero-order chi connectivity index (χ0) is 21.7. The molecule has 1 aromatic carbocycles. The third-order valence-electron chi connectivity index (χ3n) is 5.22. The Morgan fingerprint density at radius 1 is 1.30 bits per heavy atom. The van der Waals surface area contributed by atoms with Gasteiger partial charge in [0.15, 0.2) is 6.61 Å². The summed E-state index contributed by atoms with van der Waals surface area (Å²) in [4.78, 5) is 36.2. The Hall–Kier alpha value is -2.58. The summed E-state index contributed by atoms with van der Waals surface area (Å²) in [5.74, 6) is -0.644. The number of nitrogens with one attached hydrogen (secondary N) is 2. The molecule has 0 radical (unpaired) electrons. The number of benzene rings is 1. The van der Waals surface area contributed by atoms with Crippen LogP contribution in [0.15, 0.2) is 27.4 Å². The van der Waals surface area contributed by atoms with Crippen molar-refractivity contribution < 1.29 is 23.8 Å². The molecule has 1 unspecified atom stereocenters. The van der Waals surface area contributed by atoms with E-state index in [9.17, 15) is 19.5 Å². The number of fused-ring (bicyclic) bond motifs is 1. The van der Waals surface area contributed by atoms with Gasteiger partial charge in [-0.15, -0.1) is 0 Å². The minimum atomic E-state index is -1.04. The maximum Gasteiger partial charge on any atom is 0.355 e. The lowest BCUT2D eigenvalue weighted by Gasteiger charge is -2.25. The van der Waals surface area contributed by atoms with Crippen LogP contribution in [0, 0.1) is 6.92 Å². The van der Waals surface area contributed by atoms with Crippen LogP contribution in [-0.4, -0.2) is 42.2 Å². The van der Waals surface area contributed by atoms with Crippen molar-refractivity contribution in [2.45, 2.75) is 51.1 Å². The Morgan fingerprint density at radius 2 is 2.03 bits per heavy atom. The first kappa shape index (κ1) is 22.1. The van der Waals surface area contributed by atoms with Crippen molar-refractivity contribution in [3.8, 4) is 5.75 Å². The lowest BCUT2D eigenvalue weighted by atomic mass is 9.95. The van der Waals surface area contributed by atoms with E-state index in [2.05, 4.69) is 10.6 Å². The molecule has 3 rings (SSSR count). The molecule has 2 amide bonds. The van der Waals surface area contributed by atoms with Gasteiger partial charge in [0, 0.05) is 17.5 Å². The number of halogens is 1. The summed E-state index contributed by atoms with van der Waals surface area (Å²) >= 11 is 5.90. The fraction of sp³-hybridized carbons (Fsp3) is 0.476. The second-order valence-corrected chi connectivity index (χ2v) is 7.80. The number of hydrogen-bond donors (Lipinski definition) is 3. The van der Waals surface area contributed by atoms with Crippen LogP contribution in [0.1, 0.15) is 37.7 Å². The van der Waals surface area contributed by atoms with Crippen LogP contribution in [0.4, 0.5) is 0 Å². The number of carbonyl (C=O) groups is 2. The maximum absolute atomic E-state index is 12.3. The number of rotatable bonds is 7. The SMILES string of the molecule is Cc1c(Cl)c(=O)oc2cc(OCC(=O)NC(CO)C(=O)NC3CCCCC3)ccc12. The fourth-order valence-corrected chi connectivity index (χ4v) is 3.67. The molecule has 3 N–H and O–H groups in total. The minimum absolute atomic E-state index is 0.0251. The van der Waals surface area contributed by atoms with Crippen LogP contribution in [-0.2, 0) is 9.59 Å². The van der Waals surface area contributed by atoms with Crippen LogP contribution in [0.3, 0.4) is 0 Å². The highest BCUT2D eigenvalue weighted by atomic mass is 35.5. The first-order chi connectivity index (χ1) is 14.4. The topological polar surface area (TPSA) is 118 Å². The van der Waals surface area contributed by atoms with Gasteiger partial charge in [-0.2, -0.15) is 0 Å². The number of carbonyl (C=O) groups excluding carboxylic acids is 2. The Labute approximate surface area is 178 Å². The third-order valence-corrected chi connectivity index (χ3v) is 5.66. The molecule has 0 saturated heterocycles. The average Bonchev–Trinajstić information content (AvgIpc) is 2.75. The molecule has 1 atom stereocenters. The van der Waals surface area contributed by atoms with Gasteiger partial charge in [0.05, 0.1) is 6.61 Å². The summed E-state index contributed by atoms with van der Waals surface area (Å²) in [5, 5.41) is 15.5. The smallest absolute Gasteiger partial charge is 0.355 e. The van der Waals surface area contributed by atoms with Gasteiger partial charge < -0.3 is 24.9 Å². The van der Waals surface area contributed by atoms with Crippen molar-refractivity contribution in [2.75, 3.05) is 13.2 Å². The van der Waals surface area contributed by atoms with E-state index in [4.69, 9.17) is 20.8 Å². The summed E-state index contributed by atoms with van der Waals surface area (Å²) in [6, 6.07) is 3.84. The standard InChI is InChI=1S/C21H25ClN2O6/c1-12-15-8-7-14(9-17(15)30-21(28)19(12)22)29-11-18(26)24-16(10-25)20(27)23-13-5-3-2-4-6-13/h7-9,13,16,25H,2-6,10-11H2,1H3,(H,23,27)(H,24,26). The van der Waals surface area contributed by atoms with Crippen molar-refractivity contribution in [1.82, 2.24) is 10.6 Å². The summed E-state index contributed by atoms with van der Waals surface area (Å²) in [6.45, 7) is 0.837. The normalized spacial score (nSPS) is 15.6. The second kappa shape index (κ2) is 9.95. The van der Waals surface area contributed by atoms with E-state index < -0.39 is 30.1 Å². The summed E-state index contributed by atoms with van der Waals surface area (Å²) in [5.41, 5.74) is 0.244. The maximum atomic E-state index is 12.3. The molecular formula is C21H25ClN2O6. The molecule has 1 heterocycles. The molecule has 0 spiro atoms. The van der Waals surface area contributed by atoms with Crippen molar-refractivity contribution in [3.05, 3.63) is 39.2 Å². The highest BCUT2D eigenvalue weighted by Crippen LogP contribution is 2.25. The monoisotopic (exact) mass is 436 g/mol. The molecule has 9 heteroatoms. The quantitative estimate of drug-likeness (QED) is 0.572. The van der Waals surface area contributed by atoms with Gasteiger partial charge in [-0.3, -0.25) is 9.59 Å². The van der Waals surface area contributed by atoms with Gasteiger partial charge in [0.1, 0.15) is 22.4 Å². The van der Waals surface area contributed by atoms with Crippen molar-refractivity contribution in [2.24, 2.45) is 0 Å². The minimum Gasteiger partial charge on any atom is -0.484 e. The number of aliphatic hydroxyl groups is 1. The van der Waals surface area contributed by atoms with E-state index in [-0.39, 0.29) is 17.7 Å². The van der Waals surface area contributed by atoms with E-state index in [1.807, 2.05) is 0 Å². The highest BCUT2D eigenvalue weighted by molar-refractivity contribution is 6.31. The first-order valence-corrected chi connectivity index (χ1v) is 10.3. The van der Waals surface area contributed by atoms with Crippen molar-refractivity contribution in [1.29, 1.82) is 0 Å². The van der Waals surface area contributed by atoms with Gasteiger partial charge in [-0.25, -0.2) is 4.79 Å². The molecule has 1 fully saturated rings. The number of amides is 2. The predicted octanol–water partition coefficient (Wildman–Crippen LogP) is 2.06. The largest absolute Gasteiger partial charge is 0.484 e. The van der Waals surface area contributed by atoms with Gasteiger partial charge in [-0.1, -0.05) is 30.9 Å². The molecule has 1 aliphatic carbocycles. The van der Waals surface area contributed by atoms with Crippen LogP contribution in [0.25, 0.3) is 11.0 Å². The lowest BCUT2D eigenvalue weighted by Crippen LogP contribution is -2.52. The summed E-state index contributed by atoms with van der Waals surface area (Å²) < 4.78 is 10.6. The van der Waals surface area contributed by atoms with E-state index in [0.29, 0.717) is 22.3 Å². The third kappa shape index (κ3) is 5.31. The Kier molecular flexibility index (Phi) is 7.33. The van der Waals surface area contributed by atoms with Gasteiger partial charge >= 0.3 is 5.63 Å². The molecule has 1 aliphatic rings. The Morgan fingerprint density at radius 3 is 2.73 bits per heavy atom. The summed E-state index contributed by atoms with van der Waals surface area (Å²) in [6.07, 6.45) is 5.10. The van der Waals surface area contributed by atoms with E-state index in [0.717, 1.165) is 32.1 Å². The molecule has 1 aromatic heterocycles. The van der Waals surface area contributed by atoms with Crippen LogP contribution >= 0.6 is 11.6 Å². The van der Waals surface area contributed by atoms with Crippen LogP contribution in [0.2, 0.25) is 5.02 Å². The van der Waals surface area contributed by atoms with Crippen molar-refractivity contribution >= 4 is 34.4 Å². The number of hydrogen-bond acceptors (Lipinski definition) is 6. The molecule has 0 aliphatic heterocycles. The number of aryl methyl sites for hydroxylation is 1. The Bertz CT molecular complexity index is 983. The first-order valence-electron chi connectivity index (χ1n) is 9.95. The van der Waals surface area contributed by atoms with Crippen molar-refractivity contribution in [3.63, 3.8) is 0 Å². The van der Waals surface area contributed by atoms with Gasteiger partial charge in [0.25, 0.3) is 5.91 Å². The van der Waals surface area contributed by atoms with E-state index >= 15 is 0 Å². The molecule has 0 bridgehead atoms. The zero-order valence-electron chi connectivity index (χ0n) is 16.7. The van der Waals surface area contributed by atoms with E-state index in [1.54, 1.807) is 19.1 Å². The molecule has 1 saturated carbocycles. The molecule has 162 valence electrons. The van der Waals surface area contributed by atoms with Crippen LogP contribution < -0.4 is 21.0 Å². The number of aliphatic hydroxyl groups excluding tert-OH is 1. The molecule has 30 heavy (non-hydrogen) atoms. The average molecular weight is 437 g/mol. The molecule has 8 nitrogen and oxygen atoms in total. The second-order valence-electron chi connectivity index (χ2n) is 7.42. The fourth-order valence-electron chi connectivity index (χ4n) is 3.53. The summed E-state index contributed by atoms with van der Waals surface area (Å²) in [7, 11) is 0. The lowest BCUT2D eigenvalue weighted by molar-refractivity contribution is -0.131. The van der Waals surface area contributed by atoms with Gasteiger partial charge in [0.2, 0.25) is 5.91 Å². The number of ether oxygens (including phenoxy) is 1. The van der Waals surface area contributed by atoms with Crippen LogP contribution in [0.5, 0.6) is 5.75 Å². The highest BCUT2D eigenvalue weighted by Gasteiger charge is 2.23. The Balaban J connectivity index is 1.57.